The third kappa shape index (κ3) is 2.06. The quantitative estimate of drug-likeness (QED) is 0.831. The van der Waals surface area contributed by atoms with Crippen molar-refractivity contribution in [3.05, 3.63) is 52.0 Å². The van der Waals surface area contributed by atoms with Crippen LogP contribution in [0, 0.1) is 0 Å². The summed E-state index contributed by atoms with van der Waals surface area (Å²) >= 11 is 3.52. The van der Waals surface area contributed by atoms with Crippen LogP contribution in [-0.4, -0.2) is 17.4 Å². The molecule has 102 valence electrons. The number of benzene rings is 2. The normalized spacial score (nSPS) is 14.7. The van der Waals surface area contributed by atoms with Crippen LogP contribution in [0.5, 0.6) is 5.75 Å². The highest BCUT2D eigenvalue weighted by atomic mass is 79.9. The van der Waals surface area contributed by atoms with Crippen molar-refractivity contribution in [2.75, 3.05) is 0 Å². The molecule has 3 nitrogen and oxygen atoms in total. The Bertz CT molecular complexity index is 683. The number of fused-ring (bicyclic) bond motifs is 3. The number of rotatable bonds is 2. The van der Waals surface area contributed by atoms with Crippen LogP contribution in [0.3, 0.4) is 0 Å². The predicted octanol–water partition coefficient (Wildman–Crippen LogP) is 3.10. The first-order valence-electron chi connectivity index (χ1n) is 6.37. The molecule has 2 aromatic carbocycles. The van der Waals surface area contributed by atoms with Crippen molar-refractivity contribution in [3.8, 4) is 16.9 Å². The maximum atomic E-state index is 8.92. The fourth-order valence-corrected chi connectivity index (χ4v) is 3.24. The van der Waals surface area contributed by atoms with Gasteiger partial charge in [0.1, 0.15) is 5.75 Å². The molecule has 0 saturated heterocycles. The molecule has 0 heterocycles. The van der Waals surface area contributed by atoms with Gasteiger partial charge in [-0.15, -0.1) is 0 Å². The van der Waals surface area contributed by atoms with Gasteiger partial charge < -0.3 is 14.7 Å². The van der Waals surface area contributed by atoms with E-state index in [1.165, 1.54) is 11.1 Å². The van der Waals surface area contributed by atoms with Gasteiger partial charge in [0.15, 0.2) is 0 Å². The molecule has 0 bridgehead atoms. The van der Waals surface area contributed by atoms with Crippen molar-refractivity contribution in [2.45, 2.75) is 19.3 Å². The summed E-state index contributed by atoms with van der Waals surface area (Å²) in [5.74, 6) is 0.457. The van der Waals surface area contributed by atoms with Crippen LogP contribution in [-0.2, 0) is 5.41 Å². The van der Waals surface area contributed by atoms with Crippen LogP contribution in [0.4, 0.5) is 0 Å². The number of hydrogen-bond acceptors (Lipinski definition) is 3. The van der Waals surface area contributed by atoms with E-state index in [0.29, 0.717) is 5.75 Å². The van der Waals surface area contributed by atoms with E-state index in [4.69, 9.17) is 14.7 Å². The van der Waals surface area contributed by atoms with Gasteiger partial charge in [-0.1, -0.05) is 41.9 Å². The third-order valence-corrected chi connectivity index (χ3v) is 4.34. The van der Waals surface area contributed by atoms with Gasteiger partial charge in [-0.2, -0.15) is 0 Å². The Balaban J connectivity index is 2.16. The fourth-order valence-electron chi connectivity index (χ4n) is 2.88. The molecule has 0 fully saturated rings. The summed E-state index contributed by atoms with van der Waals surface area (Å²) in [6.07, 6.45) is 0. The Labute approximate surface area is 126 Å². The highest BCUT2D eigenvalue weighted by Crippen LogP contribution is 2.50. The summed E-state index contributed by atoms with van der Waals surface area (Å²) in [4.78, 5) is 0. The summed E-state index contributed by atoms with van der Waals surface area (Å²) in [5.41, 5.74) is 4.61. The van der Waals surface area contributed by atoms with Crippen LogP contribution < -0.4 is 4.65 Å². The average molecular weight is 333 g/mol. The van der Waals surface area contributed by atoms with Gasteiger partial charge in [-0.05, 0) is 46.5 Å². The summed E-state index contributed by atoms with van der Waals surface area (Å²) in [6, 6.07) is 11.9. The monoisotopic (exact) mass is 332 g/mol. The zero-order valence-electron chi connectivity index (χ0n) is 11.2. The highest BCUT2D eigenvalue weighted by molar-refractivity contribution is 9.10. The van der Waals surface area contributed by atoms with Gasteiger partial charge >= 0.3 is 7.32 Å². The molecule has 2 aromatic rings. The molecule has 5 heteroatoms. The van der Waals surface area contributed by atoms with Gasteiger partial charge in [-0.3, -0.25) is 0 Å². The molecule has 2 N–H and O–H groups in total. The Hall–Kier alpha value is -1.30. The van der Waals surface area contributed by atoms with Crippen molar-refractivity contribution in [1.82, 2.24) is 0 Å². The number of hydrogen-bond donors (Lipinski definition) is 2. The first-order chi connectivity index (χ1) is 9.39. The molecule has 0 atom stereocenters. The first-order valence-corrected chi connectivity index (χ1v) is 7.16. The summed E-state index contributed by atoms with van der Waals surface area (Å²) in [5, 5.41) is 17.8. The van der Waals surface area contributed by atoms with Crippen molar-refractivity contribution in [2.24, 2.45) is 0 Å². The van der Waals surface area contributed by atoms with Crippen LogP contribution in [0.1, 0.15) is 25.0 Å². The molecule has 0 spiro atoms. The second-order valence-electron chi connectivity index (χ2n) is 5.47. The second-order valence-corrected chi connectivity index (χ2v) is 6.38. The summed E-state index contributed by atoms with van der Waals surface area (Å²) in [6.45, 7) is 4.31. The van der Waals surface area contributed by atoms with E-state index >= 15 is 0 Å². The zero-order valence-corrected chi connectivity index (χ0v) is 12.8. The van der Waals surface area contributed by atoms with E-state index in [2.05, 4.69) is 41.9 Å². The van der Waals surface area contributed by atoms with Crippen LogP contribution in [0.2, 0.25) is 0 Å². The van der Waals surface area contributed by atoms with Crippen molar-refractivity contribution < 1.29 is 14.7 Å². The smallest absolute Gasteiger partial charge is 0.512 e. The fraction of sp³-hybridized carbons (Fsp3) is 0.200. The molecule has 3 rings (SSSR count). The molecular formula is C15H14BBrO3. The molecule has 0 aromatic heterocycles. The topological polar surface area (TPSA) is 49.7 Å². The Morgan fingerprint density at radius 1 is 1.00 bits per heavy atom. The molecule has 0 aliphatic heterocycles. The van der Waals surface area contributed by atoms with E-state index < -0.39 is 7.32 Å². The van der Waals surface area contributed by atoms with E-state index in [0.717, 1.165) is 15.6 Å². The molecule has 1 aliphatic carbocycles. The lowest BCUT2D eigenvalue weighted by molar-refractivity contribution is 0.288. The second kappa shape index (κ2) is 4.62. The molecule has 0 amide bonds. The maximum absolute atomic E-state index is 8.92. The largest absolute Gasteiger partial charge is 0.707 e. The lowest BCUT2D eigenvalue weighted by Gasteiger charge is -2.22. The maximum Gasteiger partial charge on any atom is 0.707 e. The minimum atomic E-state index is -1.80. The minimum Gasteiger partial charge on any atom is -0.512 e. The van der Waals surface area contributed by atoms with E-state index in [1.54, 1.807) is 6.07 Å². The average Bonchev–Trinajstić information content (AvgIpc) is 2.58. The Morgan fingerprint density at radius 2 is 1.60 bits per heavy atom. The summed E-state index contributed by atoms with van der Waals surface area (Å²) < 4.78 is 6.01. The third-order valence-electron chi connectivity index (χ3n) is 3.85. The Morgan fingerprint density at radius 3 is 2.25 bits per heavy atom. The molecule has 20 heavy (non-hydrogen) atoms. The molecule has 0 radical (unpaired) electrons. The molecule has 0 unspecified atom stereocenters. The molecule has 0 saturated carbocycles. The van der Waals surface area contributed by atoms with Crippen molar-refractivity contribution in [1.29, 1.82) is 0 Å². The lowest BCUT2D eigenvalue weighted by atomic mass is 9.82. The molecule has 1 aliphatic rings. The SMILES string of the molecule is CC1(C)c2cc(Br)ccc2-c2ccc(OB(O)O)cc21. The standard InChI is InChI=1S/C15H14BBrO3/c1-15(2)13-7-9(17)3-5-11(13)12-6-4-10(8-14(12)15)20-16(18)19/h3-8,18-19H,1-2H3. The van der Waals surface area contributed by atoms with Gasteiger partial charge in [0, 0.05) is 9.89 Å². The van der Waals surface area contributed by atoms with Gasteiger partial charge in [0.05, 0.1) is 0 Å². The van der Waals surface area contributed by atoms with Gasteiger partial charge in [0.25, 0.3) is 0 Å². The van der Waals surface area contributed by atoms with E-state index in [-0.39, 0.29) is 5.41 Å². The van der Waals surface area contributed by atoms with Crippen molar-refractivity contribution in [3.63, 3.8) is 0 Å². The van der Waals surface area contributed by atoms with Crippen LogP contribution in [0.15, 0.2) is 40.9 Å². The lowest BCUT2D eigenvalue weighted by Crippen LogP contribution is -2.21. The number of halogens is 1. The van der Waals surface area contributed by atoms with Crippen LogP contribution >= 0.6 is 15.9 Å². The van der Waals surface area contributed by atoms with E-state index in [1.807, 2.05) is 18.2 Å². The zero-order chi connectivity index (χ0) is 14.5. The molecular weight excluding hydrogens is 319 g/mol. The first kappa shape index (κ1) is 13.7. The van der Waals surface area contributed by atoms with Crippen molar-refractivity contribution >= 4 is 23.3 Å². The summed E-state index contributed by atoms with van der Waals surface area (Å²) in [7, 11) is -1.80. The van der Waals surface area contributed by atoms with E-state index in [9.17, 15) is 0 Å². The predicted molar refractivity (Wildman–Crippen MR) is 82.5 cm³/mol. The van der Waals surface area contributed by atoms with Gasteiger partial charge in [0.2, 0.25) is 0 Å². The Kier molecular flexibility index (Phi) is 3.16. The van der Waals surface area contributed by atoms with Gasteiger partial charge in [-0.25, -0.2) is 0 Å². The van der Waals surface area contributed by atoms with Crippen LogP contribution in [0.25, 0.3) is 11.1 Å². The minimum absolute atomic E-state index is 0.145. The highest BCUT2D eigenvalue weighted by Gasteiger charge is 2.35.